The van der Waals surface area contributed by atoms with Crippen molar-refractivity contribution in [3.8, 4) is 0 Å². The third kappa shape index (κ3) is 3.33. The average molecular weight is 329 g/mol. The molecule has 2 aliphatic rings. The number of carboxylic acids is 1. The molecule has 1 N–H and O–H groups in total. The van der Waals surface area contributed by atoms with Crippen molar-refractivity contribution in [2.24, 2.45) is 17.3 Å². The molecule has 2 fully saturated rings. The third-order valence-corrected chi connectivity index (χ3v) is 5.99. The van der Waals surface area contributed by atoms with Crippen LogP contribution in [-0.4, -0.2) is 35.5 Å². The first-order valence-corrected chi connectivity index (χ1v) is 9.02. The molecule has 0 aliphatic heterocycles. The summed E-state index contributed by atoms with van der Waals surface area (Å²) < 4.78 is 0. The number of carbonyl (C=O) groups is 2. The maximum atomic E-state index is 13.3. The highest BCUT2D eigenvalue weighted by Gasteiger charge is 2.55. The van der Waals surface area contributed by atoms with Crippen LogP contribution >= 0.6 is 0 Å². The van der Waals surface area contributed by atoms with Gasteiger partial charge in [0, 0.05) is 20.0 Å². The topological polar surface area (TPSA) is 57.6 Å². The molecule has 3 unspecified atom stereocenters. The molecule has 4 nitrogen and oxygen atoms in total. The first kappa shape index (κ1) is 17.0. The Kier molecular flexibility index (Phi) is 4.93. The highest BCUT2D eigenvalue weighted by Crippen LogP contribution is 2.58. The molecule has 0 heterocycles. The average Bonchev–Trinajstić information content (AvgIpc) is 3.16. The summed E-state index contributed by atoms with van der Waals surface area (Å²) >= 11 is 0. The Balaban J connectivity index is 1.75. The van der Waals surface area contributed by atoms with Gasteiger partial charge in [-0.15, -0.1) is 0 Å². The van der Waals surface area contributed by atoms with E-state index in [0.29, 0.717) is 24.8 Å². The van der Waals surface area contributed by atoms with Crippen LogP contribution in [0.1, 0.15) is 44.1 Å². The van der Waals surface area contributed by atoms with Crippen molar-refractivity contribution in [2.75, 3.05) is 13.6 Å². The van der Waals surface area contributed by atoms with Gasteiger partial charge in [-0.05, 0) is 49.5 Å². The summed E-state index contributed by atoms with van der Waals surface area (Å²) in [4.78, 5) is 25.8. The zero-order chi connectivity index (χ0) is 17.2. The van der Waals surface area contributed by atoms with E-state index in [4.69, 9.17) is 5.11 Å². The van der Waals surface area contributed by atoms with Crippen LogP contribution in [0.25, 0.3) is 0 Å². The number of fused-ring (bicyclic) bond motifs is 2. The summed E-state index contributed by atoms with van der Waals surface area (Å²) in [5, 5.41) is 8.80. The van der Waals surface area contributed by atoms with Gasteiger partial charge in [0.15, 0.2) is 0 Å². The van der Waals surface area contributed by atoms with Crippen molar-refractivity contribution in [3.63, 3.8) is 0 Å². The Morgan fingerprint density at radius 1 is 1.25 bits per heavy atom. The molecule has 0 aromatic heterocycles. The van der Waals surface area contributed by atoms with E-state index in [-0.39, 0.29) is 17.7 Å². The number of hydrogen-bond donors (Lipinski definition) is 1. The van der Waals surface area contributed by atoms with Gasteiger partial charge in [-0.3, -0.25) is 9.59 Å². The number of aliphatic carboxylic acids is 1. The molecule has 1 aromatic carbocycles. The fraction of sp³-hybridized carbons (Fsp3) is 0.600. The fourth-order valence-corrected chi connectivity index (χ4v) is 4.91. The van der Waals surface area contributed by atoms with E-state index in [1.54, 1.807) is 4.90 Å². The zero-order valence-electron chi connectivity index (χ0n) is 14.4. The largest absolute Gasteiger partial charge is 0.481 e. The first-order valence-electron chi connectivity index (χ1n) is 9.02. The van der Waals surface area contributed by atoms with Gasteiger partial charge in [-0.25, -0.2) is 0 Å². The maximum Gasteiger partial charge on any atom is 0.303 e. The molecular weight excluding hydrogens is 302 g/mol. The fourth-order valence-electron chi connectivity index (χ4n) is 4.91. The van der Waals surface area contributed by atoms with E-state index in [0.717, 1.165) is 19.3 Å². The van der Waals surface area contributed by atoms with Gasteiger partial charge in [0.2, 0.25) is 5.91 Å². The quantitative estimate of drug-likeness (QED) is 0.834. The van der Waals surface area contributed by atoms with Crippen LogP contribution in [0.15, 0.2) is 30.3 Å². The summed E-state index contributed by atoms with van der Waals surface area (Å²) in [6, 6.07) is 10.3. The van der Waals surface area contributed by atoms with Crippen LogP contribution in [0.4, 0.5) is 0 Å². The van der Waals surface area contributed by atoms with E-state index in [9.17, 15) is 9.59 Å². The SMILES string of the molecule is CN(CCCC(=O)O)C(=O)C1(Cc2ccccc2)CC2CCC1C2. The molecule has 2 aliphatic carbocycles. The van der Waals surface area contributed by atoms with Gasteiger partial charge in [-0.2, -0.15) is 0 Å². The molecule has 3 atom stereocenters. The number of amides is 1. The molecular formula is C20H27NO3. The lowest BCUT2D eigenvalue weighted by Gasteiger charge is -2.39. The minimum absolute atomic E-state index is 0.120. The number of carboxylic acid groups (broad SMARTS) is 1. The standard InChI is InChI=1S/C20H27NO3/c1-21(11-5-8-18(22)23)19(24)20(13-15-6-3-2-4-7-15)14-16-9-10-17(20)12-16/h2-4,6-7,16-17H,5,8-14H2,1H3,(H,22,23). The Labute approximate surface area is 143 Å². The predicted octanol–water partition coefficient (Wildman–Crippen LogP) is 3.36. The van der Waals surface area contributed by atoms with Crippen LogP contribution in [0.2, 0.25) is 0 Å². The maximum absolute atomic E-state index is 13.3. The number of hydrogen-bond acceptors (Lipinski definition) is 2. The van der Waals surface area contributed by atoms with Crippen molar-refractivity contribution in [3.05, 3.63) is 35.9 Å². The second-order valence-electron chi connectivity index (χ2n) is 7.62. The molecule has 4 heteroatoms. The lowest BCUT2D eigenvalue weighted by molar-refractivity contribution is -0.145. The second-order valence-corrected chi connectivity index (χ2v) is 7.62. The normalized spacial score (nSPS) is 28.0. The summed E-state index contributed by atoms with van der Waals surface area (Å²) in [7, 11) is 1.84. The van der Waals surface area contributed by atoms with Gasteiger partial charge >= 0.3 is 5.97 Å². The van der Waals surface area contributed by atoms with Crippen molar-refractivity contribution >= 4 is 11.9 Å². The Bertz CT molecular complexity index is 600. The van der Waals surface area contributed by atoms with E-state index in [2.05, 4.69) is 12.1 Å². The summed E-state index contributed by atoms with van der Waals surface area (Å²) in [6.07, 6.45) is 6.05. The molecule has 3 rings (SSSR count). The monoisotopic (exact) mass is 329 g/mol. The highest BCUT2D eigenvalue weighted by atomic mass is 16.4. The van der Waals surface area contributed by atoms with Crippen molar-refractivity contribution < 1.29 is 14.7 Å². The molecule has 0 radical (unpaired) electrons. The molecule has 24 heavy (non-hydrogen) atoms. The number of carbonyl (C=O) groups excluding carboxylic acids is 1. The van der Waals surface area contributed by atoms with Crippen LogP contribution < -0.4 is 0 Å². The third-order valence-electron chi connectivity index (χ3n) is 5.99. The minimum atomic E-state index is -0.797. The van der Waals surface area contributed by atoms with E-state index in [1.807, 2.05) is 25.2 Å². The van der Waals surface area contributed by atoms with Crippen LogP contribution in [-0.2, 0) is 16.0 Å². The van der Waals surface area contributed by atoms with E-state index < -0.39 is 5.97 Å². The lowest BCUT2D eigenvalue weighted by atomic mass is 9.68. The van der Waals surface area contributed by atoms with E-state index in [1.165, 1.54) is 18.4 Å². The second kappa shape index (κ2) is 6.96. The van der Waals surface area contributed by atoms with E-state index >= 15 is 0 Å². The smallest absolute Gasteiger partial charge is 0.303 e. The molecule has 1 amide bonds. The van der Waals surface area contributed by atoms with Gasteiger partial charge in [0.1, 0.15) is 0 Å². The first-order chi connectivity index (χ1) is 11.5. The van der Waals surface area contributed by atoms with Crippen LogP contribution in [0, 0.1) is 17.3 Å². The molecule has 1 aromatic rings. The number of nitrogens with zero attached hydrogens (tertiary/aromatic N) is 1. The Morgan fingerprint density at radius 2 is 2.00 bits per heavy atom. The summed E-state index contributed by atoms with van der Waals surface area (Å²) in [6.45, 7) is 0.527. The van der Waals surface area contributed by atoms with Crippen molar-refractivity contribution in [2.45, 2.75) is 44.9 Å². The van der Waals surface area contributed by atoms with Gasteiger partial charge in [-0.1, -0.05) is 36.8 Å². The predicted molar refractivity (Wildman–Crippen MR) is 92.5 cm³/mol. The van der Waals surface area contributed by atoms with Crippen molar-refractivity contribution in [1.29, 1.82) is 0 Å². The molecule has 0 saturated heterocycles. The van der Waals surface area contributed by atoms with Gasteiger partial charge in [0.05, 0.1) is 5.41 Å². The molecule has 0 spiro atoms. The van der Waals surface area contributed by atoms with Crippen LogP contribution in [0.3, 0.4) is 0 Å². The lowest BCUT2D eigenvalue weighted by Crippen LogP contribution is -2.47. The summed E-state index contributed by atoms with van der Waals surface area (Å²) in [5.74, 6) is 0.603. The number of rotatable bonds is 7. The van der Waals surface area contributed by atoms with Crippen LogP contribution in [0.5, 0.6) is 0 Å². The minimum Gasteiger partial charge on any atom is -0.481 e. The Morgan fingerprint density at radius 3 is 2.58 bits per heavy atom. The highest BCUT2D eigenvalue weighted by molar-refractivity contribution is 5.84. The Hall–Kier alpha value is -1.84. The zero-order valence-corrected chi connectivity index (χ0v) is 14.4. The summed E-state index contributed by atoms with van der Waals surface area (Å²) in [5.41, 5.74) is 0.958. The van der Waals surface area contributed by atoms with Crippen molar-refractivity contribution in [1.82, 2.24) is 4.90 Å². The number of benzene rings is 1. The molecule has 2 bridgehead atoms. The molecule has 2 saturated carbocycles. The molecule has 130 valence electrons. The van der Waals surface area contributed by atoms with Gasteiger partial charge < -0.3 is 10.0 Å². The van der Waals surface area contributed by atoms with Gasteiger partial charge in [0.25, 0.3) is 0 Å².